The molecule has 2 fully saturated rings. The average molecular weight is 259 g/mol. The first kappa shape index (κ1) is 13.0. The molecule has 0 spiro atoms. The predicted molar refractivity (Wildman–Crippen MR) is 69.8 cm³/mol. The maximum atomic E-state index is 9.99. The van der Waals surface area contributed by atoms with Crippen molar-refractivity contribution < 1.29 is 9.84 Å². The van der Waals surface area contributed by atoms with Crippen LogP contribution in [0.2, 0.25) is 0 Å². The highest BCUT2D eigenvalue weighted by molar-refractivity contribution is 7.80. The Balaban J connectivity index is 1.79. The number of aliphatic hydroxyl groups is 1. The van der Waals surface area contributed by atoms with E-state index < -0.39 is 6.23 Å². The van der Waals surface area contributed by atoms with Crippen LogP contribution >= 0.6 is 12.2 Å². The fraction of sp³-hybridized carbons (Fsp3) is 0.909. The SMILES string of the molecule is CC1CC(O)N(CCN2CCOCC2)C(=S)N1. The highest BCUT2D eigenvalue weighted by Crippen LogP contribution is 2.12. The van der Waals surface area contributed by atoms with E-state index in [0.717, 1.165) is 45.8 Å². The molecule has 0 aromatic carbocycles. The van der Waals surface area contributed by atoms with E-state index >= 15 is 0 Å². The van der Waals surface area contributed by atoms with E-state index in [0.29, 0.717) is 5.11 Å². The first-order valence-corrected chi connectivity index (χ1v) is 6.63. The second kappa shape index (κ2) is 5.95. The summed E-state index contributed by atoms with van der Waals surface area (Å²) in [6.45, 7) is 7.30. The molecular weight excluding hydrogens is 238 g/mol. The smallest absolute Gasteiger partial charge is 0.171 e. The number of hydrogen-bond donors (Lipinski definition) is 2. The van der Waals surface area contributed by atoms with Gasteiger partial charge in [-0.15, -0.1) is 0 Å². The maximum absolute atomic E-state index is 9.99. The summed E-state index contributed by atoms with van der Waals surface area (Å²) in [5.41, 5.74) is 0. The Bertz CT molecular complexity index is 271. The molecule has 17 heavy (non-hydrogen) atoms. The second-order valence-corrected chi connectivity index (χ2v) is 5.10. The van der Waals surface area contributed by atoms with Crippen molar-refractivity contribution in [3.63, 3.8) is 0 Å². The van der Waals surface area contributed by atoms with Crippen molar-refractivity contribution >= 4 is 17.3 Å². The summed E-state index contributed by atoms with van der Waals surface area (Å²) in [5, 5.41) is 13.9. The van der Waals surface area contributed by atoms with Crippen molar-refractivity contribution in [3.05, 3.63) is 0 Å². The van der Waals surface area contributed by atoms with Gasteiger partial charge in [-0.1, -0.05) is 0 Å². The van der Waals surface area contributed by atoms with Crippen molar-refractivity contribution in [3.8, 4) is 0 Å². The van der Waals surface area contributed by atoms with Crippen LogP contribution in [0, 0.1) is 0 Å². The summed E-state index contributed by atoms with van der Waals surface area (Å²) in [5.74, 6) is 0. The van der Waals surface area contributed by atoms with E-state index in [1.165, 1.54) is 0 Å². The van der Waals surface area contributed by atoms with Crippen molar-refractivity contribution in [2.45, 2.75) is 25.6 Å². The molecule has 2 aliphatic heterocycles. The first-order valence-electron chi connectivity index (χ1n) is 6.22. The number of rotatable bonds is 3. The summed E-state index contributed by atoms with van der Waals surface area (Å²) in [7, 11) is 0. The molecule has 0 aromatic rings. The molecule has 2 aliphatic rings. The van der Waals surface area contributed by atoms with E-state index in [1.54, 1.807) is 0 Å². The number of ether oxygens (including phenoxy) is 1. The van der Waals surface area contributed by atoms with Crippen LogP contribution in [0.5, 0.6) is 0 Å². The van der Waals surface area contributed by atoms with Crippen LogP contribution in [0.15, 0.2) is 0 Å². The molecule has 2 heterocycles. The molecular formula is C11H21N3O2S. The van der Waals surface area contributed by atoms with Crippen LogP contribution in [0.3, 0.4) is 0 Å². The third kappa shape index (κ3) is 3.51. The van der Waals surface area contributed by atoms with Crippen LogP contribution in [-0.4, -0.2) is 71.7 Å². The summed E-state index contributed by atoms with van der Waals surface area (Å²) < 4.78 is 5.31. The molecule has 0 radical (unpaired) electrons. The highest BCUT2D eigenvalue weighted by Gasteiger charge is 2.27. The fourth-order valence-corrected chi connectivity index (χ4v) is 2.67. The normalized spacial score (nSPS) is 31.4. The number of hydrogen-bond acceptors (Lipinski definition) is 4. The lowest BCUT2D eigenvalue weighted by molar-refractivity contribution is 0.00522. The van der Waals surface area contributed by atoms with Crippen LogP contribution < -0.4 is 5.32 Å². The molecule has 2 atom stereocenters. The molecule has 0 amide bonds. The van der Waals surface area contributed by atoms with Gasteiger partial charge < -0.3 is 20.1 Å². The van der Waals surface area contributed by atoms with Gasteiger partial charge in [0.25, 0.3) is 0 Å². The predicted octanol–water partition coefficient (Wildman–Crippen LogP) is -0.394. The van der Waals surface area contributed by atoms with Gasteiger partial charge in [0.05, 0.1) is 13.2 Å². The quantitative estimate of drug-likeness (QED) is 0.673. The van der Waals surface area contributed by atoms with E-state index in [2.05, 4.69) is 10.2 Å². The van der Waals surface area contributed by atoms with Gasteiger partial charge >= 0.3 is 0 Å². The minimum absolute atomic E-state index is 0.261. The van der Waals surface area contributed by atoms with Gasteiger partial charge in [0, 0.05) is 38.6 Å². The summed E-state index contributed by atoms with van der Waals surface area (Å²) in [6.07, 6.45) is 0.281. The van der Waals surface area contributed by atoms with Gasteiger partial charge in [-0.2, -0.15) is 0 Å². The Morgan fingerprint density at radius 2 is 2.12 bits per heavy atom. The van der Waals surface area contributed by atoms with Crippen molar-refractivity contribution in [2.24, 2.45) is 0 Å². The zero-order valence-electron chi connectivity index (χ0n) is 10.3. The highest BCUT2D eigenvalue weighted by atomic mass is 32.1. The van der Waals surface area contributed by atoms with Gasteiger partial charge in [0.2, 0.25) is 0 Å². The molecule has 2 saturated heterocycles. The minimum Gasteiger partial charge on any atom is -0.379 e. The molecule has 98 valence electrons. The van der Waals surface area contributed by atoms with Gasteiger partial charge in [0.15, 0.2) is 5.11 Å². The van der Waals surface area contributed by atoms with Crippen molar-refractivity contribution in [2.75, 3.05) is 39.4 Å². The molecule has 6 heteroatoms. The lowest BCUT2D eigenvalue weighted by atomic mass is 10.1. The number of nitrogens with zero attached hydrogens (tertiary/aromatic N) is 2. The Labute approximate surface area is 108 Å². The third-order valence-electron chi connectivity index (χ3n) is 3.32. The lowest BCUT2D eigenvalue weighted by Crippen LogP contribution is -2.57. The lowest BCUT2D eigenvalue weighted by Gasteiger charge is -2.39. The van der Waals surface area contributed by atoms with E-state index in [4.69, 9.17) is 17.0 Å². The fourth-order valence-electron chi connectivity index (χ4n) is 2.26. The maximum Gasteiger partial charge on any atom is 0.171 e. The Morgan fingerprint density at radius 3 is 2.76 bits per heavy atom. The van der Waals surface area contributed by atoms with Crippen LogP contribution in [0.25, 0.3) is 0 Å². The molecule has 2 N–H and O–H groups in total. The number of aliphatic hydroxyl groups excluding tert-OH is 1. The van der Waals surface area contributed by atoms with Gasteiger partial charge in [-0.25, -0.2) is 0 Å². The monoisotopic (exact) mass is 259 g/mol. The largest absolute Gasteiger partial charge is 0.379 e. The van der Waals surface area contributed by atoms with E-state index in [1.807, 2.05) is 11.8 Å². The van der Waals surface area contributed by atoms with Crippen LogP contribution in [-0.2, 0) is 4.74 Å². The third-order valence-corrected chi connectivity index (χ3v) is 3.67. The Kier molecular flexibility index (Phi) is 4.55. The zero-order valence-corrected chi connectivity index (χ0v) is 11.1. The molecule has 5 nitrogen and oxygen atoms in total. The second-order valence-electron chi connectivity index (χ2n) is 4.71. The summed E-state index contributed by atoms with van der Waals surface area (Å²) >= 11 is 5.26. The van der Waals surface area contributed by atoms with Gasteiger partial charge in [0.1, 0.15) is 6.23 Å². The first-order chi connectivity index (χ1) is 8.16. The Morgan fingerprint density at radius 1 is 1.41 bits per heavy atom. The number of thiocarbonyl (C=S) groups is 1. The molecule has 0 saturated carbocycles. The number of nitrogens with one attached hydrogen (secondary N) is 1. The standard InChI is InChI=1S/C11H21N3O2S/c1-9-8-10(15)14(11(17)12-9)3-2-13-4-6-16-7-5-13/h9-10,15H,2-8H2,1H3,(H,12,17). The number of morpholine rings is 1. The summed E-state index contributed by atoms with van der Waals surface area (Å²) in [6, 6.07) is 0.261. The van der Waals surface area contributed by atoms with Crippen LogP contribution in [0.4, 0.5) is 0 Å². The van der Waals surface area contributed by atoms with Gasteiger partial charge in [-0.05, 0) is 19.1 Å². The summed E-state index contributed by atoms with van der Waals surface area (Å²) in [4.78, 5) is 4.22. The molecule has 0 aliphatic carbocycles. The van der Waals surface area contributed by atoms with Crippen molar-refractivity contribution in [1.29, 1.82) is 0 Å². The topological polar surface area (TPSA) is 48.0 Å². The molecule has 0 aromatic heterocycles. The average Bonchev–Trinajstić information content (AvgIpc) is 2.29. The minimum atomic E-state index is -0.445. The van der Waals surface area contributed by atoms with Gasteiger partial charge in [-0.3, -0.25) is 4.90 Å². The van der Waals surface area contributed by atoms with Crippen LogP contribution in [0.1, 0.15) is 13.3 Å². The van der Waals surface area contributed by atoms with E-state index in [9.17, 15) is 5.11 Å². The molecule has 0 bridgehead atoms. The van der Waals surface area contributed by atoms with Crippen molar-refractivity contribution in [1.82, 2.24) is 15.1 Å². The molecule has 2 rings (SSSR count). The molecule has 2 unspecified atom stereocenters. The van der Waals surface area contributed by atoms with E-state index in [-0.39, 0.29) is 6.04 Å². The Hall–Kier alpha value is -0.430. The zero-order chi connectivity index (χ0) is 12.3.